The molecule has 0 unspecified atom stereocenters. The molecule has 0 atom stereocenters. The van der Waals surface area contributed by atoms with Gasteiger partial charge < -0.3 is 14.7 Å². The van der Waals surface area contributed by atoms with Crippen LogP contribution in [0, 0.1) is 11.5 Å². The van der Waals surface area contributed by atoms with E-state index in [1.54, 1.807) is 30.3 Å². The summed E-state index contributed by atoms with van der Waals surface area (Å²) in [5, 5.41) is 12.0. The van der Waals surface area contributed by atoms with Crippen LogP contribution in [0.3, 0.4) is 0 Å². The van der Waals surface area contributed by atoms with Gasteiger partial charge >= 0.3 is 0 Å². The van der Waals surface area contributed by atoms with Gasteiger partial charge in [0, 0.05) is 19.6 Å². The highest BCUT2D eigenvalue weighted by atomic mass is 32.2. The van der Waals surface area contributed by atoms with Gasteiger partial charge in [-0.25, -0.2) is 8.42 Å². The Bertz CT molecular complexity index is 800. The van der Waals surface area contributed by atoms with Gasteiger partial charge in [0.25, 0.3) is 0 Å². The molecule has 0 fully saturated rings. The molecule has 0 amide bonds. The largest absolute Gasteiger partial charge is 0.341 e. The van der Waals surface area contributed by atoms with E-state index in [4.69, 9.17) is 0 Å². The Kier molecular flexibility index (Phi) is 13.6. The quantitative estimate of drug-likeness (QED) is 0.184. The zero-order valence-electron chi connectivity index (χ0n) is 20.1. The second-order valence-electron chi connectivity index (χ2n) is 7.47. The van der Waals surface area contributed by atoms with E-state index in [-0.39, 0.29) is 12.3 Å². The van der Waals surface area contributed by atoms with Gasteiger partial charge in [-0.05, 0) is 51.3 Å². The van der Waals surface area contributed by atoms with E-state index in [1.807, 2.05) is 11.1 Å². The minimum atomic E-state index is -3.42. The van der Waals surface area contributed by atoms with Crippen molar-refractivity contribution >= 4 is 15.8 Å². The maximum atomic E-state index is 12.8. The van der Waals surface area contributed by atoms with E-state index in [1.165, 1.54) is 0 Å². The molecule has 0 aliphatic carbocycles. The zero-order valence-corrected chi connectivity index (χ0v) is 20.9. The first-order valence-corrected chi connectivity index (χ1v) is 13.2. The van der Waals surface area contributed by atoms with Crippen molar-refractivity contribution < 1.29 is 8.42 Å². The maximum absolute atomic E-state index is 12.8. The van der Waals surface area contributed by atoms with Gasteiger partial charge in [0.05, 0.1) is 17.2 Å². The SMILES string of the molecule is CCN(CC)CCCN(CCS(=O)(=O)c1ccccc1)C(=NCCN(CC)CC)NC#N. The predicted octanol–water partition coefficient (Wildman–Crippen LogP) is 2.26. The summed E-state index contributed by atoms with van der Waals surface area (Å²) in [6, 6.07) is 8.49. The summed E-state index contributed by atoms with van der Waals surface area (Å²) in [7, 11) is -3.42. The van der Waals surface area contributed by atoms with Crippen LogP contribution in [-0.4, -0.2) is 93.7 Å². The van der Waals surface area contributed by atoms with Crippen molar-refractivity contribution in [3.63, 3.8) is 0 Å². The topological polar surface area (TPSA) is 92.0 Å². The van der Waals surface area contributed by atoms with Gasteiger partial charge in [-0.15, -0.1) is 0 Å². The standard InChI is InChI=1S/C23H40N6O2S/c1-5-27(6-2)16-12-17-29(19-20-32(30,31)22-13-10-9-11-14-22)23(26-21-24)25-15-18-28(7-3)8-4/h9-11,13-14H,5-8,12,15-20H2,1-4H3,(H,25,26). The second-order valence-corrected chi connectivity index (χ2v) is 9.58. The molecule has 1 aromatic carbocycles. The number of hydrogen-bond donors (Lipinski definition) is 1. The molecule has 9 heteroatoms. The lowest BCUT2D eigenvalue weighted by Gasteiger charge is -2.27. The lowest BCUT2D eigenvalue weighted by Crippen LogP contribution is -2.43. The minimum absolute atomic E-state index is 0.0372. The van der Waals surface area contributed by atoms with Crippen LogP contribution in [0.15, 0.2) is 40.2 Å². The maximum Gasteiger partial charge on any atom is 0.207 e. The normalized spacial score (nSPS) is 12.2. The lowest BCUT2D eigenvalue weighted by atomic mass is 10.3. The van der Waals surface area contributed by atoms with Gasteiger partial charge in [0.2, 0.25) is 5.96 Å². The number of aliphatic imine (C=N–C) groups is 1. The summed E-state index contributed by atoms with van der Waals surface area (Å²) in [5.41, 5.74) is 0. The number of hydrogen-bond acceptors (Lipinski definition) is 6. The van der Waals surface area contributed by atoms with Crippen molar-refractivity contribution in [1.82, 2.24) is 20.0 Å². The van der Waals surface area contributed by atoms with Crippen molar-refractivity contribution in [3.05, 3.63) is 30.3 Å². The van der Waals surface area contributed by atoms with Gasteiger partial charge in [0.1, 0.15) is 0 Å². The summed E-state index contributed by atoms with van der Waals surface area (Å²) in [6.07, 6.45) is 2.83. The van der Waals surface area contributed by atoms with Gasteiger partial charge in [0.15, 0.2) is 16.0 Å². The molecular formula is C23H40N6O2S. The molecule has 0 heterocycles. The number of nitriles is 1. The number of benzene rings is 1. The van der Waals surface area contributed by atoms with E-state index in [2.05, 4.69) is 47.8 Å². The Morgan fingerprint density at radius 1 is 0.938 bits per heavy atom. The van der Waals surface area contributed by atoms with Crippen molar-refractivity contribution in [3.8, 4) is 6.19 Å². The van der Waals surface area contributed by atoms with Crippen molar-refractivity contribution in [2.75, 3.05) is 64.7 Å². The third-order valence-electron chi connectivity index (χ3n) is 5.57. The Morgan fingerprint density at radius 3 is 2.09 bits per heavy atom. The smallest absolute Gasteiger partial charge is 0.207 e. The molecule has 0 saturated heterocycles. The van der Waals surface area contributed by atoms with E-state index >= 15 is 0 Å². The molecule has 8 nitrogen and oxygen atoms in total. The molecule has 0 spiro atoms. The summed E-state index contributed by atoms with van der Waals surface area (Å²) in [4.78, 5) is 11.4. The van der Waals surface area contributed by atoms with Crippen LogP contribution in [0.5, 0.6) is 0 Å². The van der Waals surface area contributed by atoms with Crippen LogP contribution < -0.4 is 5.32 Å². The molecular weight excluding hydrogens is 424 g/mol. The Labute approximate surface area is 194 Å². The summed E-state index contributed by atoms with van der Waals surface area (Å²) >= 11 is 0. The van der Waals surface area contributed by atoms with Crippen LogP contribution in [-0.2, 0) is 9.84 Å². The summed E-state index contributed by atoms with van der Waals surface area (Å²) < 4.78 is 25.6. The van der Waals surface area contributed by atoms with Crippen molar-refractivity contribution in [2.45, 2.75) is 39.0 Å². The van der Waals surface area contributed by atoms with E-state index in [0.717, 1.165) is 45.7 Å². The minimum Gasteiger partial charge on any atom is -0.341 e. The van der Waals surface area contributed by atoms with Crippen LogP contribution in [0.2, 0.25) is 0 Å². The highest BCUT2D eigenvalue weighted by Crippen LogP contribution is 2.11. The second kappa shape index (κ2) is 15.6. The molecule has 0 radical (unpaired) electrons. The number of likely N-dealkylation sites (N-methyl/N-ethyl adjacent to an activating group) is 1. The molecule has 1 aromatic rings. The van der Waals surface area contributed by atoms with Crippen LogP contribution in [0.25, 0.3) is 0 Å². The summed E-state index contributed by atoms with van der Waals surface area (Å²) in [6.45, 7) is 15.4. The molecule has 0 aliphatic heterocycles. The molecule has 0 aromatic heterocycles. The van der Waals surface area contributed by atoms with E-state index in [0.29, 0.717) is 23.9 Å². The highest BCUT2D eigenvalue weighted by molar-refractivity contribution is 7.91. The highest BCUT2D eigenvalue weighted by Gasteiger charge is 2.19. The summed E-state index contributed by atoms with van der Waals surface area (Å²) in [5.74, 6) is 0.409. The average Bonchev–Trinajstić information content (AvgIpc) is 2.81. The predicted molar refractivity (Wildman–Crippen MR) is 131 cm³/mol. The van der Waals surface area contributed by atoms with Crippen LogP contribution >= 0.6 is 0 Å². The van der Waals surface area contributed by atoms with E-state index in [9.17, 15) is 13.7 Å². The molecule has 0 bridgehead atoms. The first-order valence-electron chi connectivity index (χ1n) is 11.6. The number of nitrogens with one attached hydrogen (secondary N) is 1. The van der Waals surface area contributed by atoms with E-state index < -0.39 is 9.84 Å². The monoisotopic (exact) mass is 464 g/mol. The number of nitrogens with zero attached hydrogens (tertiary/aromatic N) is 5. The Balaban J connectivity index is 2.95. The fraction of sp³-hybridized carbons (Fsp3) is 0.652. The van der Waals surface area contributed by atoms with Crippen LogP contribution in [0.4, 0.5) is 0 Å². The Morgan fingerprint density at radius 2 is 1.53 bits per heavy atom. The number of sulfone groups is 1. The molecule has 32 heavy (non-hydrogen) atoms. The van der Waals surface area contributed by atoms with Gasteiger partial charge in [-0.1, -0.05) is 45.9 Å². The first kappa shape index (κ1) is 27.9. The van der Waals surface area contributed by atoms with Crippen molar-refractivity contribution in [1.29, 1.82) is 5.26 Å². The third-order valence-corrected chi connectivity index (χ3v) is 7.28. The average molecular weight is 465 g/mol. The van der Waals surface area contributed by atoms with Crippen molar-refractivity contribution in [2.24, 2.45) is 4.99 Å². The fourth-order valence-corrected chi connectivity index (χ4v) is 4.70. The molecule has 0 saturated carbocycles. The molecule has 1 rings (SSSR count). The number of rotatable bonds is 15. The third kappa shape index (κ3) is 9.98. The zero-order chi connectivity index (χ0) is 23.8. The lowest BCUT2D eigenvalue weighted by molar-refractivity contribution is 0.282. The van der Waals surface area contributed by atoms with Gasteiger partial charge in [-0.2, -0.15) is 5.26 Å². The Hall–Kier alpha value is -2.15. The molecule has 180 valence electrons. The number of guanidine groups is 1. The molecule has 1 N–H and O–H groups in total. The first-order chi connectivity index (χ1) is 15.4. The molecule has 0 aliphatic rings. The fourth-order valence-electron chi connectivity index (χ4n) is 3.43. The van der Waals surface area contributed by atoms with Crippen LogP contribution in [0.1, 0.15) is 34.1 Å². The van der Waals surface area contributed by atoms with Gasteiger partial charge in [-0.3, -0.25) is 10.3 Å².